The molecule has 0 unspecified atom stereocenters. The standard InChI is InChI=1S/C18H26N6O2S/c1-22-11-14(9-21-22)12-24-6-7-26-18(8-16(24)25)2-4-23(5-3-18)13-15-10-20-17(19)27-15/h9-11H,2-8,12-13H2,1H3,(H2,19,20). The van der Waals surface area contributed by atoms with E-state index in [9.17, 15) is 4.79 Å². The van der Waals surface area contributed by atoms with E-state index in [0.29, 0.717) is 31.2 Å². The average molecular weight is 391 g/mol. The topological polar surface area (TPSA) is 89.5 Å². The summed E-state index contributed by atoms with van der Waals surface area (Å²) in [6.07, 6.45) is 7.86. The fourth-order valence-corrected chi connectivity index (χ4v) is 4.66. The molecule has 2 aliphatic rings. The second-order valence-electron chi connectivity index (χ2n) is 7.49. The summed E-state index contributed by atoms with van der Waals surface area (Å²) in [5.74, 6) is 0.181. The molecule has 27 heavy (non-hydrogen) atoms. The Morgan fingerprint density at radius 3 is 2.74 bits per heavy atom. The van der Waals surface area contributed by atoms with Crippen LogP contribution in [0.25, 0.3) is 0 Å². The molecule has 2 saturated heterocycles. The number of aryl methyl sites for hydroxylation is 1. The van der Waals surface area contributed by atoms with E-state index in [4.69, 9.17) is 10.5 Å². The highest BCUT2D eigenvalue weighted by molar-refractivity contribution is 7.15. The Labute approximate surface area is 162 Å². The van der Waals surface area contributed by atoms with Crippen LogP contribution in [0.4, 0.5) is 5.13 Å². The van der Waals surface area contributed by atoms with E-state index in [0.717, 1.165) is 38.0 Å². The molecule has 0 radical (unpaired) electrons. The number of ether oxygens (including phenoxy) is 1. The molecule has 9 heteroatoms. The fourth-order valence-electron chi connectivity index (χ4n) is 3.93. The Morgan fingerprint density at radius 2 is 2.07 bits per heavy atom. The van der Waals surface area contributed by atoms with Crippen molar-refractivity contribution >= 4 is 22.4 Å². The minimum absolute atomic E-state index is 0.181. The first kappa shape index (κ1) is 18.4. The van der Waals surface area contributed by atoms with Gasteiger partial charge in [0.15, 0.2) is 5.13 Å². The molecule has 2 aliphatic heterocycles. The first-order valence-corrected chi connectivity index (χ1v) is 10.1. The number of nitrogen functional groups attached to an aromatic ring is 1. The second kappa shape index (κ2) is 7.57. The lowest BCUT2D eigenvalue weighted by Gasteiger charge is -2.40. The third-order valence-electron chi connectivity index (χ3n) is 5.45. The van der Waals surface area contributed by atoms with Crippen molar-refractivity contribution < 1.29 is 9.53 Å². The van der Waals surface area contributed by atoms with Crippen LogP contribution in [0.3, 0.4) is 0 Å². The number of anilines is 1. The molecule has 0 aliphatic carbocycles. The summed E-state index contributed by atoms with van der Waals surface area (Å²) < 4.78 is 8.00. The van der Waals surface area contributed by atoms with Crippen LogP contribution in [-0.4, -0.2) is 62.3 Å². The number of hydrogen-bond acceptors (Lipinski definition) is 7. The summed E-state index contributed by atoms with van der Waals surface area (Å²) in [5, 5.41) is 4.80. The SMILES string of the molecule is Cn1cc(CN2CCOC3(CCN(Cc4cnc(N)s4)CC3)CC2=O)cn1. The Hall–Kier alpha value is -1.97. The van der Waals surface area contributed by atoms with Gasteiger partial charge in [0.1, 0.15) is 0 Å². The number of nitrogens with two attached hydrogens (primary N) is 1. The highest BCUT2D eigenvalue weighted by Crippen LogP contribution is 2.33. The molecule has 0 saturated carbocycles. The van der Waals surface area contributed by atoms with Gasteiger partial charge >= 0.3 is 0 Å². The van der Waals surface area contributed by atoms with Gasteiger partial charge < -0.3 is 15.4 Å². The van der Waals surface area contributed by atoms with Gasteiger partial charge in [-0.05, 0) is 12.8 Å². The molecule has 2 aromatic rings. The van der Waals surface area contributed by atoms with Crippen molar-refractivity contribution in [2.24, 2.45) is 7.05 Å². The Kier molecular flexibility index (Phi) is 5.16. The molecule has 8 nitrogen and oxygen atoms in total. The number of amides is 1. The number of rotatable bonds is 4. The molecule has 2 aromatic heterocycles. The minimum atomic E-state index is -0.315. The van der Waals surface area contributed by atoms with Gasteiger partial charge in [-0.3, -0.25) is 14.4 Å². The normalized spacial score (nSPS) is 20.9. The largest absolute Gasteiger partial charge is 0.375 e. The summed E-state index contributed by atoms with van der Waals surface area (Å²) in [5.41, 5.74) is 6.46. The number of thiazole rings is 1. The van der Waals surface area contributed by atoms with E-state index < -0.39 is 0 Å². The molecule has 4 rings (SSSR count). The molecular weight excluding hydrogens is 364 g/mol. The van der Waals surface area contributed by atoms with Gasteiger partial charge in [-0.25, -0.2) is 4.98 Å². The van der Waals surface area contributed by atoms with Crippen LogP contribution in [0.5, 0.6) is 0 Å². The molecule has 0 aromatic carbocycles. The molecule has 146 valence electrons. The molecule has 4 heterocycles. The smallest absolute Gasteiger partial charge is 0.225 e. The number of nitrogens with zero attached hydrogens (tertiary/aromatic N) is 5. The first-order valence-electron chi connectivity index (χ1n) is 9.33. The van der Waals surface area contributed by atoms with Crippen LogP contribution in [0.15, 0.2) is 18.6 Å². The zero-order chi connectivity index (χ0) is 18.9. The Balaban J connectivity index is 1.34. The van der Waals surface area contributed by atoms with Crippen molar-refractivity contribution in [3.8, 4) is 0 Å². The second-order valence-corrected chi connectivity index (χ2v) is 8.63. The summed E-state index contributed by atoms with van der Waals surface area (Å²) in [6.45, 7) is 4.55. The fraction of sp³-hybridized carbons (Fsp3) is 0.611. The van der Waals surface area contributed by atoms with Gasteiger partial charge in [-0.15, -0.1) is 11.3 Å². The maximum Gasteiger partial charge on any atom is 0.225 e. The molecule has 2 N–H and O–H groups in total. The van der Waals surface area contributed by atoms with Gasteiger partial charge in [-0.1, -0.05) is 0 Å². The van der Waals surface area contributed by atoms with Crippen LogP contribution < -0.4 is 5.73 Å². The molecule has 1 spiro atoms. The summed E-state index contributed by atoms with van der Waals surface area (Å²) >= 11 is 1.54. The van der Waals surface area contributed by atoms with E-state index in [1.54, 1.807) is 16.0 Å². The number of aromatic nitrogens is 3. The van der Waals surface area contributed by atoms with E-state index in [2.05, 4.69) is 15.0 Å². The zero-order valence-electron chi connectivity index (χ0n) is 15.6. The summed E-state index contributed by atoms with van der Waals surface area (Å²) in [4.78, 5) is 22.5. The van der Waals surface area contributed by atoms with Crippen molar-refractivity contribution in [3.05, 3.63) is 29.0 Å². The van der Waals surface area contributed by atoms with Crippen LogP contribution >= 0.6 is 11.3 Å². The average Bonchev–Trinajstić information content (AvgIpc) is 3.20. The van der Waals surface area contributed by atoms with E-state index in [-0.39, 0.29) is 11.5 Å². The first-order chi connectivity index (χ1) is 13.0. The number of hydrogen-bond donors (Lipinski definition) is 1. The van der Waals surface area contributed by atoms with Crippen LogP contribution in [0, 0.1) is 0 Å². The zero-order valence-corrected chi connectivity index (χ0v) is 16.5. The van der Waals surface area contributed by atoms with Crippen LogP contribution in [-0.2, 0) is 29.7 Å². The lowest BCUT2D eigenvalue weighted by atomic mass is 9.87. The third-order valence-corrected chi connectivity index (χ3v) is 6.26. The maximum absolute atomic E-state index is 12.9. The molecular formula is C18H26N6O2S. The van der Waals surface area contributed by atoms with Crippen molar-refractivity contribution in [1.82, 2.24) is 24.6 Å². The predicted octanol–water partition coefficient (Wildman–Crippen LogP) is 1.24. The van der Waals surface area contributed by atoms with Crippen LogP contribution in [0.2, 0.25) is 0 Å². The third kappa shape index (κ3) is 4.31. The van der Waals surface area contributed by atoms with Crippen molar-refractivity contribution in [2.75, 3.05) is 32.0 Å². The summed E-state index contributed by atoms with van der Waals surface area (Å²) in [7, 11) is 1.89. The predicted molar refractivity (Wildman–Crippen MR) is 103 cm³/mol. The monoisotopic (exact) mass is 390 g/mol. The van der Waals surface area contributed by atoms with Gasteiger partial charge in [0.05, 0.1) is 24.8 Å². The van der Waals surface area contributed by atoms with Crippen molar-refractivity contribution in [2.45, 2.75) is 38.0 Å². The van der Waals surface area contributed by atoms with Gasteiger partial charge in [0, 0.05) is 62.6 Å². The molecule has 2 fully saturated rings. The van der Waals surface area contributed by atoms with E-state index in [1.165, 1.54) is 4.88 Å². The van der Waals surface area contributed by atoms with Gasteiger partial charge in [0.25, 0.3) is 0 Å². The highest BCUT2D eigenvalue weighted by atomic mass is 32.1. The van der Waals surface area contributed by atoms with E-state index in [1.807, 2.05) is 30.5 Å². The summed E-state index contributed by atoms with van der Waals surface area (Å²) in [6, 6.07) is 0. The minimum Gasteiger partial charge on any atom is -0.375 e. The van der Waals surface area contributed by atoms with Gasteiger partial charge in [0.2, 0.25) is 5.91 Å². The molecule has 1 amide bonds. The quantitative estimate of drug-likeness (QED) is 0.845. The van der Waals surface area contributed by atoms with Crippen molar-refractivity contribution in [1.29, 1.82) is 0 Å². The number of likely N-dealkylation sites (tertiary alicyclic amines) is 1. The van der Waals surface area contributed by atoms with Crippen LogP contribution in [0.1, 0.15) is 29.7 Å². The van der Waals surface area contributed by atoms with E-state index >= 15 is 0 Å². The number of piperidine rings is 1. The number of carbonyl (C=O) groups excluding carboxylic acids is 1. The Bertz CT molecular complexity index is 795. The lowest BCUT2D eigenvalue weighted by molar-refractivity contribution is -0.136. The highest BCUT2D eigenvalue weighted by Gasteiger charge is 2.40. The number of carbonyl (C=O) groups is 1. The molecule has 0 atom stereocenters. The maximum atomic E-state index is 12.9. The lowest BCUT2D eigenvalue weighted by Crippen LogP contribution is -2.46. The Morgan fingerprint density at radius 1 is 1.26 bits per heavy atom. The van der Waals surface area contributed by atoms with Gasteiger partial charge in [-0.2, -0.15) is 5.10 Å². The molecule has 0 bridgehead atoms. The van der Waals surface area contributed by atoms with Crippen molar-refractivity contribution in [3.63, 3.8) is 0 Å².